The van der Waals surface area contributed by atoms with E-state index in [2.05, 4.69) is 4.98 Å². The van der Waals surface area contributed by atoms with Crippen LogP contribution in [0.25, 0.3) is 0 Å². The van der Waals surface area contributed by atoms with Crippen LogP contribution in [0.15, 0.2) is 0 Å². The van der Waals surface area contributed by atoms with Crippen LogP contribution in [0.3, 0.4) is 0 Å². The first-order chi connectivity index (χ1) is 5.09. The average Bonchev–Trinajstić information content (AvgIpc) is 2.09. The van der Waals surface area contributed by atoms with Gasteiger partial charge in [-0.05, 0) is 6.92 Å². The van der Waals surface area contributed by atoms with Crippen molar-refractivity contribution < 1.29 is 9.90 Å². The molecule has 11 heavy (non-hydrogen) atoms. The topological polar surface area (TPSA) is 79.0 Å². The highest BCUT2D eigenvalue weighted by Crippen LogP contribution is 2.18. The van der Waals surface area contributed by atoms with Gasteiger partial charge in [0.2, 0.25) is 0 Å². The van der Waals surface area contributed by atoms with Crippen LogP contribution in [0.5, 0.6) is 0 Å². The number of carbonyl (C=O) groups is 1. The number of carbonyl (C=O) groups excluding carboxylic acids is 1. The maximum Gasteiger partial charge on any atom is 0.180 e. The smallest absolute Gasteiger partial charge is 0.180 e. The number of carboxylic acids is 1. The molecule has 1 aromatic rings. The molecule has 0 bridgehead atoms. The summed E-state index contributed by atoms with van der Waals surface area (Å²) in [7, 11) is 0. The van der Waals surface area contributed by atoms with E-state index in [0.717, 1.165) is 4.88 Å². The number of nitrogens with two attached hydrogens (primary N) is 1. The summed E-state index contributed by atoms with van der Waals surface area (Å²) in [6, 6.07) is 0. The van der Waals surface area contributed by atoms with Gasteiger partial charge in [-0.1, -0.05) is 0 Å². The lowest BCUT2D eigenvalue weighted by Gasteiger charge is -1.97. The Morgan fingerprint density at radius 3 is 2.82 bits per heavy atom. The molecule has 0 unspecified atom stereocenters. The van der Waals surface area contributed by atoms with Gasteiger partial charge in [0.1, 0.15) is 0 Å². The molecule has 4 nitrogen and oxygen atoms in total. The van der Waals surface area contributed by atoms with Crippen LogP contribution in [0.2, 0.25) is 0 Å². The first-order valence-corrected chi connectivity index (χ1v) is 3.83. The summed E-state index contributed by atoms with van der Waals surface area (Å²) < 4.78 is 0. The minimum Gasteiger partial charge on any atom is -0.550 e. The third-order valence-corrected chi connectivity index (χ3v) is 2.06. The van der Waals surface area contributed by atoms with Gasteiger partial charge in [-0.15, -0.1) is 11.3 Å². The molecule has 60 valence electrons. The van der Waals surface area contributed by atoms with Crippen LogP contribution in [-0.4, -0.2) is 11.0 Å². The predicted octanol–water partition coefficient (Wildman–Crippen LogP) is -0.674. The van der Waals surface area contributed by atoms with Crippen molar-refractivity contribution in [2.24, 2.45) is 0 Å². The second-order valence-corrected chi connectivity index (χ2v) is 3.34. The number of nitrogen functional groups attached to an aromatic ring is 1. The molecule has 0 radical (unpaired) electrons. The fourth-order valence-electron chi connectivity index (χ4n) is 0.751. The standard InChI is InChI=1S/C6H8N2O2S/c1-3-4(2-5(9)10)8-6(7)11-3/h2H2,1H3,(H2,7,8)(H,9,10)/p-1. The number of hydrogen-bond acceptors (Lipinski definition) is 5. The summed E-state index contributed by atoms with van der Waals surface area (Å²) in [4.78, 5) is 14.8. The molecule has 0 fully saturated rings. The van der Waals surface area contributed by atoms with Gasteiger partial charge >= 0.3 is 0 Å². The Labute approximate surface area is 67.7 Å². The molecule has 0 saturated heterocycles. The molecule has 1 aromatic heterocycles. The Kier molecular flexibility index (Phi) is 2.09. The highest BCUT2D eigenvalue weighted by molar-refractivity contribution is 7.15. The lowest BCUT2D eigenvalue weighted by Crippen LogP contribution is -2.24. The number of aromatic nitrogens is 1. The molecule has 0 aliphatic carbocycles. The Balaban J connectivity index is 2.85. The summed E-state index contributed by atoms with van der Waals surface area (Å²) in [5.41, 5.74) is 5.86. The van der Waals surface area contributed by atoms with E-state index in [0.29, 0.717) is 10.8 Å². The number of aryl methyl sites for hydroxylation is 1. The zero-order valence-corrected chi connectivity index (χ0v) is 6.77. The number of nitrogens with zero attached hydrogens (tertiary/aromatic N) is 1. The van der Waals surface area contributed by atoms with Crippen LogP contribution in [0.4, 0.5) is 5.13 Å². The Morgan fingerprint density at radius 2 is 2.45 bits per heavy atom. The highest BCUT2D eigenvalue weighted by atomic mass is 32.1. The lowest BCUT2D eigenvalue weighted by atomic mass is 10.3. The van der Waals surface area contributed by atoms with Crippen LogP contribution in [-0.2, 0) is 11.2 Å². The molecule has 2 N–H and O–H groups in total. The zero-order valence-electron chi connectivity index (χ0n) is 5.96. The molecule has 0 atom stereocenters. The van der Waals surface area contributed by atoms with Gasteiger partial charge in [-0.2, -0.15) is 0 Å². The Hall–Kier alpha value is -1.10. The van der Waals surface area contributed by atoms with Crippen molar-refractivity contribution in [2.45, 2.75) is 13.3 Å². The largest absolute Gasteiger partial charge is 0.550 e. The predicted molar refractivity (Wildman–Crippen MR) is 40.0 cm³/mol. The summed E-state index contributed by atoms with van der Waals surface area (Å²) in [5, 5.41) is 10.5. The third-order valence-electron chi connectivity index (χ3n) is 1.22. The fourth-order valence-corrected chi connectivity index (χ4v) is 1.46. The van der Waals surface area contributed by atoms with E-state index in [1.54, 1.807) is 6.92 Å². The Morgan fingerprint density at radius 1 is 1.82 bits per heavy atom. The van der Waals surface area contributed by atoms with Crippen molar-refractivity contribution in [3.05, 3.63) is 10.6 Å². The van der Waals surface area contributed by atoms with E-state index in [1.165, 1.54) is 11.3 Å². The molecular formula is C6H7N2O2S-. The van der Waals surface area contributed by atoms with Crippen molar-refractivity contribution in [3.8, 4) is 0 Å². The molecule has 1 heterocycles. The third kappa shape index (κ3) is 1.91. The summed E-state index contributed by atoms with van der Waals surface area (Å²) >= 11 is 1.29. The van der Waals surface area contributed by atoms with E-state index >= 15 is 0 Å². The van der Waals surface area contributed by atoms with E-state index in [-0.39, 0.29) is 6.42 Å². The minimum atomic E-state index is -1.13. The number of thiazole rings is 1. The van der Waals surface area contributed by atoms with E-state index in [1.807, 2.05) is 0 Å². The van der Waals surface area contributed by atoms with Gasteiger partial charge in [0.05, 0.1) is 5.69 Å². The number of rotatable bonds is 2. The monoisotopic (exact) mass is 171 g/mol. The first-order valence-electron chi connectivity index (χ1n) is 3.01. The average molecular weight is 171 g/mol. The molecule has 0 aliphatic rings. The van der Waals surface area contributed by atoms with Gasteiger partial charge in [0.25, 0.3) is 0 Å². The second-order valence-electron chi connectivity index (χ2n) is 2.10. The number of carboxylic acid groups (broad SMARTS) is 1. The second kappa shape index (κ2) is 2.87. The molecule has 5 heteroatoms. The van der Waals surface area contributed by atoms with Crippen LogP contribution >= 0.6 is 11.3 Å². The quantitative estimate of drug-likeness (QED) is 0.639. The number of aliphatic carboxylic acids is 1. The van der Waals surface area contributed by atoms with Gasteiger partial charge in [0, 0.05) is 17.3 Å². The summed E-state index contributed by atoms with van der Waals surface area (Å²) in [6.07, 6.45) is -0.153. The maximum atomic E-state index is 10.1. The lowest BCUT2D eigenvalue weighted by molar-refractivity contribution is -0.304. The molecule has 0 amide bonds. The van der Waals surface area contributed by atoms with E-state index in [4.69, 9.17) is 5.73 Å². The molecule has 1 rings (SSSR count). The van der Waals surface area contributed by atoms with Gasteiger partial charge in [0.15, 0.2) is 5.13 Å². The van der Waals surface area contributed by atoms with Crippen molar-refractivity contribution in [2.75, 3.05) is 5.73 Å². The summed E-state index contributed by atoms with van der Waals surface area (Å²) in [6.45, 7) is 1.78. The Bertz CT molecular complexity index is 282. The SMILES string of the molecule is Cc1sc(N)nc1CC(=O)[O-]. The van der Waals surface area contributed by atoms with Crippen LogP contribution in [0.1, 0.15) is 10.6 Å². The van der Waals surface area contributed by atoms with Crippen molar-refractivity contribution in [1.82, 2.24) is 4.98 Å². The first kappa shape index (κ1) is 8.00. The van der Waals surface area contributed by atoms with Crippen molar-refractivity contribution in [1.29, 1.82) is 0 Å². The molecule has 0 aromatic carbocycles. The maximum absolute atomic E-state index is 10.1. The van der Waals surface area contributed by atoms with Gasteiger partial charge in [-0.25, -0.2) is 4.98 Å². The molecule has 0 spiro atoms. The number of anilines is 1. The summed E-state index contributed by atoms with van der Waals surface area (Å²) in [5.74, 6) is -1.13. The molecule has 0 aliphatic heterocycles. The van der Waals surface area contributed by atoms with E-state index < -0.39 is 5.97 Å². The highest BCUT2D eigenvalue weighted by Gasteiger charge is 2.04. The zero-order chi connectivity index (χ0) is 8.43. The van der Waals surface area contributed by atoms with Crippen molar-refractivity contribution in [3.63, 3.8) is 0 Å². The van der Waals surface area contributed by atoms with Crippen LogP contribution in [0, 0.1) is 6.92 Å². The van der Waals surface area contributed by atoms with Gasteiger partial charge < -0.3 is 15.6 Å². The minimum absolute atomic E-state index is 0.153. The molecule has 0 saturated carbocycles. The van der Waals surface area contributed by atoms with E-state index in [9.17, 15) is 9.90 Å². The van der Waals surface area contributed by atoms with Crippen LogP contribution < -0.4 is 10.8 Å². The molecular weight excluding hydrogens is 164 g/mol. The van der Waals surface area contributed by atoms with Gasteiger partial charge in [-0.3, -0.25) is 0 Å². The fraction of sp³-hybridized carbons (Fsp3) is 0.333. The normalized spacial score (nSPS) is 9.91. The van der Waals surface area contributed by atoms with Crippen molar-refractivity contribution >= 4 is 22.4 Å². The number of hydrogen-bond donors (Lipinski definition) is 1.